The Hall–Kier alpha value is -2.67. The summed E-state index contributed by atoms with van der Waals surface area (Å²) >= 11 is 6.15. The zero-order valence-corrected chi connectivity index (χ0v) is 24.3. The molecule has 1 amide bonds. The summed E-state index contributed by atoms with van der Waals surface area (Å²) in [5, 5.41) is 24.6. The van der Waals surface area contributed by atoms with Crippen molar-refractivity contribution >= 4 is 48.2 Å². The first-order valence-corrected chi connectivity index (χ1v) is 14.9. The summed E-state index contributed by atoms with van der Waals surface area (Å²) in [6.07, 6.45) is -5.11. The number of aliphatic hydroxyl groups is 2. The summed E-state index contributed by atoms with van der Waals surface area (Å²) in [7, 11) is -1.80. The molecule has 2 aliphatic rings. The second-order valence-corrected chi connectivity index (χ2v) is 11.7. The first kappa shape index (κ1) is 32.2. The molecule has 4 rings (SSSR count). The van der Waals surface area contributed by atoms with Crippen LogP contribution in [0.4, 0.5) is 10.6 Å². The number of carbonyl (C=O) groups is 2. The van der Waals surface area contributed by atoms with Gasteiger partial charge in [0.25, 0.3) is 0 Å². The zero-order chi connectivity index (χ0) is 30.4. The number of likely N-dealkylation sites (N-methyl/N-ethyl adjacent to an activating group) is 1. The molecule has 0 bridgehead atoms. The molecular weight excluding hydrogens is 607 g/mol. The smallest absolute Gasteiger partial charge is 0.432 e. The van der Waals surface area contributed by atoms with Gasteiger partial charge in [-0.1, -0.05) is 0 Å². The van der Waals surface area contributed by atoms with Crippen LogP contribution in [-0.2, 0) is 37.6 Å². The summed E-state index contributed by atoms with van der Waals surface area (Å²) in [6.45, 7) is -0.0459. The fourth-order valence-electron chi connectivity index (χ4n) is 4.24. The highest BCUT2D eigenvalue weighted by atomic mass is 35.5. The van der Waals surface area contributed by atoms with Gasteiger partial charge in [-0.05, 0) is 18.0 Å². The van der Waals surface area contributed by atoms with Crippen LogP contribution in [0.3, 0.4) is 0 Å². The maximum Gasteiger partial charge on any atom is 0.510 e. The minimum Gasteiger partial charge on any atom is -0.432 e. The second kappa shape index (κ2) is 14.2. The van der Waals surface area contributed by atoms with E-state index in [4.69, 9.17) is 25.8 Å². The predicted octanol–water partition coefficient (Wildman–Crippen LogP) is -0.283. The fourth-order valence-corrected chi connectivity index (χ4v) is 5.30. The van der Waals surface area contributed by atoms with Crippen LogP contribution >= 0.6 is 19.2 Å². The Kier molecular flexibility index (Phi) is 10.9. The van der Waals surface area contributed by atoms with Crippen LogP contribution in [0.15, 0.2) is 6.33 Å². The number of hydrogen-bond donors (Lipinski definition) is 4. The van der Waals surface area contributed by atoms with Gasteiger partial charge in [0.2, 0.25) is 18.0 Å². The lowest BCUT2D eigenvalue weighted by atomic mass is 10.1. The SMILES string of the molecule is COCCOC(=O)OCOP(=O)(O)CC(=O)N(C)C[C@H]1O[C@@H](n2cnc3c(N[C@H]4CCOC4)nc(Cl)nc32)[C@H](O)[C@@H]1O. The van der Waals surface area contributed by atoms with Crippen LogP contribution in [0.5, 0.6) is 0 Å². The summed E-state index contributed by atoms with van der Waals surface area (Å²) in [5.41, 5.74) is 0.596. The molecule has 42 heavy (non-hydrogen) atoms. The highest BCUT2D eigenvalue weighted by Gasteiger charge is 2.45. The third kappa shape index (κ3) is 8.03. The molecule has 2 aromatic rings. The number of fused-ring (bicyclic) bond motifs is 1. The van der Waals surface area contributed by atoms with Gasteiger partial charge in [0.1, 0.15) is 31.1 Å². The molecule has 0 aliphatic carbocycles. The quantitative estimate of drug-likeness (QED) is 0.0727. The summed E-state index contributed by atoms with van der Waals surface area (Å²) < 4.78 is 43.4. The highest BCUT2D eigenvalue weighted by molar-refractivity contribution is 7.53. The maximum absolute atomic E-state index is 12.6. The van der Waals surface area contributed by atoms with Gasteiger partial charge in [0.05, 0.1) is 25.6 Å². The van der Waals surface area contributed by atoms with Crippen molar-refractivity contribution in [2.24, 2.45) is 0 Å². The molecular formula is C22H32ClN6O12P. The largest absolute Gasteiger partial charge is 0.510 e. The van der Waals surface area contributed by atoms with E-state index in [1.54, 1.807) is 0 Å². The first-order chi connectivity index (χ1) is 20.0. The van der Waals surface area contributed by atoms with Crippen molar-refractivity contribution in [1.29, 1.82) is 0 Å². The van der Waals surface area contributed by atoms with Crippen molar-refractivity contribution in [1.82, 2.24) is 24.4 Å². The molecule has 0 saturated carbocycles. The normalized spacial score (nSPS) is 25.3. The van der Waals surface area contributed by atoms with E-state index in [1.807, 2.05) is 0 Å². The van der Waals surface area contributed by atoms with Gasteiger partial charge in [-0.15, -0.1) is 0 Å². The number of ether oxygens (including phenoxy) is 5. The van der Waals surface area contributed by atoms with E-state index < -0.39 is 57.2 Å². The Morgan fingerprint density at radius 2 is 2.05 bits per heavy atom. The number of hydrogen-bond acceptors (Lipinski definition) is 15. The number of anilines is 1. The van der Waals surface area contributed by atoms with Gasteiger partial charge in [-0.2, -0.15) is 9.97 Å². The predicted molar refractivity (Wildman–Crippen MR) is 142 cm³/mol. The molecule has 1 unspecified atom stereocenters. The minimum absolute atomic E-state index is 0.00617. The Morgan fingerprint density at radius 1 is 1.26 bits per heavy atom. The van der Waals surface area contributed by atoms with Gasteiger partial charge >= 0.3 is 13.8 Å². The summed E-state index contributed by atoms with van der Waals surface area (Å²) in [6, 6.07) is 0.00617. The van der Waals surface area contributed by atoms with Crippen molar-refractivity contribution in [3.63, 3.8) is 0 Å². The molecule has 2 fully saturated rings. The van der Waals surface area contributed by atoms with E-state index in [0.717, 1.165) is 11.3 Å². The number of aromatic nitrogens is 4. The van der Waals surface area contributed by atoms with E-state index in [0.29, 0.717) is 24.5 Å². The maximum atomic E-state index is 12.6. The number of amides is 1. The number of rotatable bonds is 13. The van der Waals surface area contributed by atoms with E-state index in [2.05, 4.69) is 34.3 Å². The molecule has 18 nitrogen and oxygen atoms in total. The lowest BCUT2D eigenvalue weighted by molar-refractivity contribution is -0.130. The topological polar surface area (TPSA) is 226 Å². The molecule has 0 aromatic carbocycles. The Labute approximate surface area is 244 Å². The van der Waals surface area contributed by atoms with Crippen LogP contribution in [-0.4, -0.2) is 136 Å². The number of halogens is 1. The van der Waals surface area contributed by atoms with Crippen molar-refractivity contribution in [3.05, 3.63) is 11.6 Å². The average molecular weight is 639 g/mol. The lowest BCUT2D eigenvalue weighted by Crippen LogP contribution is -2.41. The van der Waals surface area contributed by atoms with Gasteiger partial charge < -0.3 is 49.0 Å². The van der Waals surface area contributed by atoms with Crippen LogP contribution in [0.2, 0.25) is 5.28 Å². The molecule has 20 heteroatoms. The molecule has 4 heterocycles. The van der Waals surface area contributed by atoms with Crippen molar-refractivity contribution in [3.8, 4) is 0 Å². The van der Waals surface area contributed by atoms with Gasteiger partial charge in [0, 0.05) is 27.3 Å². The Bertz CT molecular complexity index is 1300. The number of carbonyl (C=O) groups excluding carboxylic acids is 2. The summed E-state index contributed by atoms with van der Waals surface area (Å²) in [5.74, 6) is -0.463. The van der Waals surface area contributed by atoms with Crippen LogP contribution in [0, 0.1) is 0 Å². The number of imidazole rings is 1. The van der Waals surface area contributed by atoms with Crippen molar-refractivity contribution in [2.75, 3.05) is 65.4 Å². The van der Waals surface area contributed by atoms with E-state index in [1.165, 1.54) is 25.1 Å². The molecule has 2 aliphatic heterocycles. The van der Waals surface area contributed by atoms with Gasteiger partial charge in [0.15, 0.2) is 23.2 Å². The van der Waals surface area contributed by atoms with Crippen LogP contribution in [0.25, 0.3) is 11.2 Å². The zero-order valence-electron chi connectivity index (χ0n) is 22.7. The van der Waals surface area contributed by atoms with E-state index in [-0.39, 0.29) is 36.7 Å². The van der Waals surface area contributed by atoms with Crippen molar-refractivity contribution < 1.29 is 57.5 Å². The standard InChI is InChI=1S/C22H32ClN6O12P/c1-28(14(30)9-42(34,35)40-11-39-22(33)38-6-5-36-2)7-13-16(31)17(32)20(41-13)29-10-24-15-18(25-12-3-4-37-8-12)26-21(23)27-19(15)29/h10,12-13,16-17,20,31-32H,3-9,11H2,1-2H3,(H,34,35)(H,25,26,27)/t12-,13+,16+,17+,20+/m0/s1. The average Bonchev–Trinajstić information content (AvgIpc) is 3.65. The first-order valence-electron chi connectivity index (χ1n) is 12.7. The van der Waals surface area contributed by atoms with Crippen LogP contribution < -0.4 is 5.32 Å². The summed E-state index contributed by atoms with van der Waals surface area (Å²) in [4.78, 5) is 47.8. The lowest BCUT2D eigenvalue weighted by Gasteiger charge is -2.23. The number of aliphatic hydroxyl groups excluding tert-OH is 2. The van der Waals surface area contributed by atoms with E-state index in [9.17, 15) is 29.3 Å². The second-order valence-electron chi connectivity index (χ2n) is 9.47. The number of nitrogens with zero attached hydrogens (tertiary/aromatic N) is 5. The molecule has 0 radical (unpaired) electrons. The van der Waals surface area contributed by atoms with E-state index >= 15 is 0 Å². The Balaban J connectivity index is 1.34. The number of nitrogens with one attached hydrogen (secondary N) is 1. The molecule has 4 N–H and O–H groups in total. The third-order valence-corrected chi connectivity index (χ3v) is 7.78. The molecule has 0 spiro atoms. The van der Waals surface area contributed by atoms with Gasteiger partial charge in [-0.3, -0.25) is 18.5 Å². The molecule has 2 saturated heterocycles. The monoisotopic (exact) mass is 638 g/mol. The fraction of sp³-hybridized carbons (Fsp3) is 0.682. The van der Waals surface area contributed by atoms with Crippen molar-refractivity contribution in [2.45, 2.75) is 37.0 Å². The molecule has 6 atom stereocenters. The minimum atomic E-state index is -4.52. The highest BCUT2D eigenvalue weighted by Crippen LogP contribution is 2.42. The van der Waals surface area contributed by atoms with Gasteiger partial charge in [-0.25, -0.2) is 9.78 Å². The Morgan fingerprint density at radius 3 is 2.76 bits per heavy atom. The molecule has 234 valence electrons. The van der Waals surface area contributed by atoms with Crippen LogP contribution in [0.1, 0.15) is 12.6 Å². The third-order valence-electron chi connectivity index (χ3n) is 6.43. The number of methoxy groups -OCH3 is 1. The molecule has 2 aromatic heterocycles.